The van der Waals surface area contributed by atoms with Gasteiger partial charge < -0.3 is 10.1 Å². The molecule has 0 spiro atoms. The zero-order valence-electron chi connectivity index (χ0n) is 10.5. The highest BCUT2D eigenvalue weighted by Gasteiger charge is 2.25. The summed E-state index contributed by atoms with van der Waals surface area (Å²) in [5.41, 5.74) is 0.594. The number of ether oxygens (including phenoxy) is 1. The molecule has 1 aliphatic carbocycles. The molecule has 1 aliphatic rings. The van der Waals surface area contributed by atoms with Crippen molar-refractivity contribution in [1.29, 1.82) is 0 Å². The first-order valence-electron chi connectivity index (χ1n) is 6.49. The second-order valence-electron chi connectivity index (χ2n) is 4.66. The van der Waals surface area contributed by atoms with Crippen LogP contribution in [0, 0.1) is 0 Å². The van der Waals surface area contributed by atoms with Crippen LogP contribution < -0.4 is 10.1 Å². The van der Waals surface area contributed by atoms with Gasteiger partial charge in [-0.1, -0.05) is 19.1 Å². The minimum atomic E-state index is -2.41. The predicted molar refractivity (Wildman–Crippen MR) is 67.1 cm³/mol. The number of alkyl halides is 2. The minimum Gasteiger partial charge on any atom is -0.490 e. The summed E-state index contributed by atoms with van der Waals surface area (Å²) >= 11 is 0. The van der Waals surface area contributed by atoms with Gasteiger partial charge in [0.1, 0.15) is 5.75 Å². The third kappa shape index (κ3) is 3.67. The number of rotatable bonds is 7. The summed E-state index contributed by atoms with van der Waals surface area (Å²) in [7, 11) is 0. The molecule has 0 aromatic heterocycles. The van der Waals surface area contributed by atoms with Crippen molar-refractivity contribution < 1.29 is 13.5 Å². The molecule has 0 aliphatic heterocycles. The topological polar surface area (TPSA) is 21.3 Å². The van der Waals surface area contributed by atoms with Crippen LogP contribution in [0.5, 0.6) is 5.75 Å². The average Bonchev–Trinajstić information content (AvgIpc) is 3.13. The Labute approximate surface area is 106 Å². The SMILES string of the molecule is CCCNC(c1cccc(OC2CC2)c1)C(F)F. The summed E-state index contributed by atoms with van der Waals surface area (Å²) in [5, 5.41) is 2.88. The first kappa shape index (κ1) is 13.3. The maximum atomic E-state index is 13.0. The van der Waals surface area contributed by atoms with E-state index in [0.717, 1.165) is 19.3 Å². The molecule has 100 valence electrons. The van der Waals surface area contributed by atoms with Gasteiger partial charge in [0.2, 0.25) is 0 Å². The number of halogens is 2. The first-order valence-corrected chi connectivity index (χ1v) is 6.49. The van der Waals surface area contributed by atoms with Crippen molar-refractivity contribution >= 4 is 0 Å². The lowest BCUT2D eigenvalue weighted by Crippen LogP contribution is -2.28. The molecular formula is C14H19F2NO. The van der Waals surface area contributed by atoms with Gasteiger partial charge in [-0.25, -0.2) is 8.78 Å². The van der Waals surface area contributed by atoms with Crippen molar-refractivity contribution in [2.45, 2.75) is 44.8 Å². The summed E-state index contributed by atoms with van der Waals surface area (Å²) in [5.74, 6) is 0.693. The molecular weight excluding hydrogens is 236 g/mol. The fraction of sp³-hybridized carbons (Fsp3) is 0.571. The van der Waals surface area contributed by atoms with Crippen molar-refractivity contribution in [3.8, 4) is 5.75 Å². The van der Waals surface area contributed by atoms with E-state index in [1.807, 2.05) is 13.0 Å². The Balaban J connectivity index is 2.07. The Bertz CT molecular complexity index is 380. The van der Waals surface area contributed by atoms with Gasteiger partial charge in [0.25, 0.3) is 6.43 Å². The van der Waals surface area contributed by atoms with E-state index in [2.05, 4.69) is 5.32 Å². The Morgan fingerprint density at radius 1 is 1.39 bits per heavy atom. The van der Waals surface area contributed by atoms with Gasteiger partial charge in [-0.3, -0.25) is 0 Å². The number of nitrogens with one attached hydrogen (secondary N) is 1. The predicted octanol–water partition coefficient (Wildman–Crippen LogP) is 3.53. The molecule has 1 aromatic carbocycles. The molecule has 1 unspecified atom stereocenters. The van der Waals surface area contributed by atoms with Crippen molar-refractivity contribution in [2.24, 2.45) is 0 Å². The number of hydrogen-bond donors (Lipinski definition) is 1. The van der Waals surface area contributed by atoms with Crippen molar-refractivity contribution in [3.63, 3.8) is 0 Å². The maximum Gasteiger partial charge on any atom is 0.257 e. The average molecular weight is 255 g/mol. The first-order chi connectivity index (χ1) is 8.70. The van der Waals surface area contributed by atoms with Crippen LogP contribution in [-0.4, -0.2) is 19.1 Å². The van der Waals surface area contributed by atoms with Crippen molar-refractivity contribution in [2.75, 3.05) is 6.54 Å². The van der Waals surface area contributed by atoms with Crippen LogP contribution >= 0.6 is 0 Å². The Hall–Kier alpha value is -1.16. The van der Waals surface area contributed by atoms with Crippen LogP contribution in [0.3, 0.4) is 0 Å². The smallest absolute Gasteiger partial charge is 0.257 e. The van der Waals surface area contributed by atoms with Crippen molar-refractivity contribution in [3.05, 3.63) is 29.8 Å². The molecule has 2 nitrogen and oxygen atoms in total. The van der Waals surface area contributed by atoms with Gasteiger partial charge >= 0.3 is 0 Å². The van der Waals surface area contributed by atoms with Crippen LogP contribution in [0.4, 0.5) is 8.78 Å². The number of benzene rings is 1. The number of hydrogen-bond acceptors (Lipinski definition) is 2. The lowest BCUT2D eigenvalue weighted by Gasteiger charge is -2.18. The van der Waals surface area contributed by atoms with Crippen LogP contribution in [-0.2, 0) is 0 Å². The summed E-state index contributed by atoms with van der Waals surface area (Å²) < 4.78 is 31.7. The maximum absolute atomic E-state index is 13.0. The van der Waals surface area contributed by atoms with E-state index in [4.69, 9.17) is 4.74 Å². The lowest BCUT2D eigenvalue weighted by atomic mass is 10.1. The highest BCUT2D eigenvalue weighted by atomic mass is 19.3. The largest absolute Gasteiger partial charge is 0.490 e. The van der Waals surface area contributed by atoms with Gasteiger partial charge in [-0.05, 0) is 43.5 Å². The molecule has 1 aromatic rings. The van der Waals surface area contributed by atoms with Crippen LogP contribution in [0.2, 0.25) is 0 Å². The fourth-order valence-corrected chi connectivity index (χ4v) is 1.81. The van der Waals surface area contributed by atoms with Crippen LogP contribution in [0.15, 0.2) is 24.3 Å². The molecule has 1 fully saturated rings. The molecule has 0 amide bonds. The van der Waals surface area contributed by atoms with Gasteiger partial charge in [-0.15, -0.1) is 0 Å². The van der Waals surface area contributed by atoms with Gasteiger partial charge in [0.05, 0.1) is 12.1 Å². The summed E-state index contributed by atoms with van der Waals surface area (Å²) in [6.07, 6.45) is 0.843. The monoisotopic (exact) mass is 255 g/mol. The quantitative estimate of drug-likeness (QED) is 0.804. The molecule has 18 heavy (non-hydrogen) atoms. The molecule has 0 saturated heterocycles. The third-order valence-electron chi connectivity index (χ3n) is 2.91. The fourth-order valence-electron chi connectivity index (χ4n) is 1.81. The molecule has 1 saturated carbocycles. The summed E-state index contributed by atoms with van der Waals surface area (Å²) in [4.78, 5) is 0. The molecule has 2 rings (SSSR count). The zero-order valence-corrected chi connectivity index (χ0v) is 10.5. The zero-order chi connectivity index (χ0) is 13.0. The molecule has 0 heterocycles. The molecule has 1 N–H and O–H groups in total. The highest BCUT2D eigenvalue weighted by Crippen LogP contribution is 2.29. The van der Waals surface area contributed by atoms with Gasteiger partial charge in [-0.2, -0.15) is 0 Å². The second kappa shape index (κ2) is 6.14. The van der Waals surface area contributed by atoms with Gasteiger partial charge in [0.15, 0.2) is 0 Å². The van der Waals surface area contributed by atoms with E-state index in [-0.39, 0.29) is 6.10 Å². The standard InChI is InChI=1S/C14H19F2NO/c1-2-8-17-13(14(15)16)10-4-3-5-12(9-10)18-11-6-7-11/h3-5,9,11,13-14,17H,2,6-8H2,1H3. The van der Waals surface area contributed by atoms with E-state index in [1.165, 1.54) is 0 Å². The lowest BCUT2D eigenvalue weighted by molar-refractivity contribution is 0.0984. The summed E-state index contributed by atoms with van der Waals surface area (Å²) in [6, 6.07) is 6.13. The van der Waals surface area contributed by atoms with E-state index >= 15 is 0 Å². The Morgan fingerprint density at radius 2 is 2.17 bits per heavy atom. The van der Waals surface area contributed by atoms with E-state index < -0.39 is 12.5 Å². The van der Waals surface area contributed by atoms with Gasteiger partial charge in [0, 0.05) is 0 Å². The summed E-state index contributed by atoms with van der Waals surface area (Å²) in [6.45, 7) is 2.55. The van der Waals surface area contributed by atoms with E-state index in [9.17, 15) is 8.78 Å². The Kier molecular flexibility index (Phi) is 4.53. The highest BCUT2D eigenvalue weighted by molar-refractivity contribution is 5.31. The second-order valence-corrected chi connectivity index (χ2v) is 4.66. The minimum absolute atomic E-state index is 0.286. The van der Waals surface area contributed by atoms with Crippen molar-refractivity contribution in [1.82, 2.24) is 5.32 Å². The Morgan fingerprint density at radius 3 is 2.78 bits per heavy atom. The molecule has 1 atom stereocenters. The molecule has 4 heteroatoms. The third-order valence-corrected chi connectivity index (χ3v) is 2.91. The molecule has 0 bridgehead atoms. The van der Waals surface area contributed by atoms with Crippen LogP contribution in [0.1, 0.15) is 37.8 Å². The van der Waals surface area contributed by atoms with Crippen LogP contribution in [0.25, 0.3) is 0 Å². The normalized spacial score (nSPS) is 16.9. The van der Waals surface area contributed by atoms with E-state index in [0.29, 0.717) is 17.9 Å². The van der Waals surface area contributed by atoms with E-state index in [1.54, 1.807) is 18.2 Å². The molecule has 0 radical (unpaired) electrons.